The monoisotopic (exact) mass is 376 g/mol. The summed E-state index contributed by atoms with van der Waals surface area (Å²) in [5.41, 5.74) is 0.895. The number of ether oxygens (including phenoxy) is 1. The van der Waals surface area contributed by atoms with Gasteiger partial charge >= 0.3 is 0 Å². The minimum absolute atomic E-state index is 0.0178. The van der Waals surface area contributed by atoms with Gasteiger partial charge in [0.2, 0.25) is 0 Å². The van der Waals surface area contributed by atoms with Crippen molar-refractivity contribution in [2.45, 2.75) is 69.5 Å². The molecule has 1 aromatic carbocycles. The highest BCUT2D eigenvalue weighted by atomic mass is 32.2. The number of fused-ring (bicyclic) bond motifs is 1. The van der Waals surface area contributed by atoms with Gasteiger partial charge < -0.3 is 4.74 Å². The van der Waals surface area contributed by atoms with Crippen LogP contribution >= 0.6 is 0 Å². The van der Waals surface area contributed by atoms with Crippen LogP contribution in [-0.4, -0.2) is 31.2 Å². The Balaban J connectivity index is 1.93. The largest absolute Gasteiger partial charge is 0.369 e. The molecule has 0 aliphatic heterocycles. The predicted octanol–water partition coefficient (Wildman–Crippen LogP) is 4.10. The third kappa shape index (κ3) is 4.09. The highest BCUT2D eigenvalue weighted by molar-refractivity contribution is 7.91. The van der Waals surface area contributed by atoms with Crippen molar-refractivity contribution in [1.82, 2.24) is 0 Å². The van der Waals surface area contributed by atoms with Gasteiger partial charge in [0.1, 0.15) is 0 Å². The minimum Gasteiger partial charge on any atom is -0.369 e. The van der Waals surface area contributed by atoms with E-state index in [1.165, 1.54) is 0 Å². The van der Waals surface area contributed by atoms with Gasteiger partial charge in [-0.1, -0.05) is 23.8 Å². The zero-order valence-corrected chi connectivity index (χ0v) is 16.9. The standard InChI is InChI=1S/C21H28O4S/c1-20(2,3)25-21(4)12-15-10-11-19(22)18(17(15)13-21)14-26(23,24)16-8-6-5-7-9-16/h5-9,15H,10-14H2,1-4H3. The predicted molar refractivity (Wildman–Crippen MR) is 102 cm³/mol. The van der Waals surface area contributed by atoms with Gasteiger partial charge in [-0.05, 0) is 65.0 Å². The fourth-order valence-electron chi connectivity index (χ4n) is 4.42. The Bertz CT molecular complexity index is 831. The fraction of sp³-hybridized carbons (Fsp3) is 0.571. The second-order valence-corrected chi connectivity index (χ2v) is 10.8. The summed E-state index contributed by atoms with van der Waals surface area (Å²) in [4.78, 5) is 12.9. The van der Waals surface area contributed by atoms with Gasteiger partial charge in [0, 0.05) is 12.0 Å². The number of rotatable bonds is 4. The molecule has 1 aromatic rings. The maximum atomic E-state index is 12.8. The van der Waals surface area contributed by atoms with E-state index in [9.17, 15) is 13.2 Å². The molecule has 0 heterocycles. The number of benzene rings is 1. The molecular formula is C21H28O4S. The molecular weight excluding hydrogens is 348 g/mol. The number of sulfone groups is 1. The third-order valence-electron chi connectivity index (χ3n) is 5.17. The number of hydrogen-bond donors (Lipinski definition) is 0. The van der Waals surface area contributed by atoms with E-state index in [1.54, 1.807) is 30.3 Å². The maximum Gasteiger partial charge on any atom is 0.182 e. The molecule has 2 aliphatic carbocycles. The zero-order valence-electron chi connectivity index (χ0n) is 16.0. The molecule has 0 saturated heterocycles. The summed E-state index contributed by atoms with van der Waals surface area (Å²) < 4.78 is 31.9. The molecule has 0 bridgehead atoms. The Morgan fingerprint density at radius 2 is 1.85 bits per heavy atom. The molecule has 3 rings (SSSR count). The lowest BCUT2D eigenvalue weighted by Gasteiger charge is -2.33. The lowest BCUT2D eigenvalue weighted by atomic mass is 9.85. The van der Waals surface area contributed by atoms with Crippen LogP contribution in [0.25, 0.3) is 0 Å². The van der Waals surface area contributed by atoms with E-state index in [1.807, 2.05) is 20.8 Å². The number of Topliss-reactive ketones (excluding diaryl/α,β-unsaturated/α-hetero) is 1. The Morgan fingerprint density at radius 3 is 2.46 bits per heavy atom. The van der Waals surface area contributed by atoms with Crippen molar-refractivity contribution in [1.29, 1.82) is 0 Å². The van der Waals surface area contributed by atoms with Crippen LogP contribution in [0.3, 0.4) is 0 Å². The molecule has 1 saturated carbocycles. The first-order valence-electron chi connectivity index (χ1n) is 9.22. The fourth-order valence-corrected chi connectivity index (χ4v) is 5.88. The molecule has 0 spiro atoms. The second kappa shape index (κ2) is 6.61. The normalized spacial score (nSPS) is 26.9. The second-order valence-electron chi connectivity index (χ2n) is 8.78. The van der Waals surface area contributed by atoms with Gasteiger partial charge in [-0.2, -0.15) is 0 Å². The van der Waals surface area contributed by atoms with E-state index >= 15 is 0 Å². The molecule has 5 heteroatoms. The SMILES string of the molecule is CC(C)(C)OC1(C)CC2=C(CS(=O)(=O)c3ccccc3)C(=O)CCC2C1. The topological polar surface area (TPSA) is 60.4 Å². The molecule has 2 aliphatic rings. The first-order valence-corrected chi connectivity index (χ1v) is 10.9. The van der Waals surface area contributed by atoms with E-state index in [4.69, 9.17) is 4.74 Å². The molecule has 2 unspecified atom stereocenters. The maximum absolute atomic E-state index is 12.8. The van der Waals surface area contributed by atoms with Crippen LogP contribution in [0.2, 0.25) is 0 Å². The minimum atomic E-state index is -3.52. The van der Waals surface area contributed by atoms with Crippen LogP contribution in [-0.2, 0) is 19.4 Å². The van der Waals surface area contributed by atoms with Gasteiger partial charge in [0.05, 0.1) is 21.9 Å². The molecule has 1 fully saturated rings. The van der Waals surface area contributed by atoms with Crippen molar-refractivity contribution in [3.63, 3.8) is 0 Å². The summed E-state index contributed by atoms with van der Waals surface area (Å²) in [6.45, 7) is 8.17. The number of carbonyl (C=O) groups is 1. The first-order chi connectivity index (χ1) is 12.0. The molecule has 26 heavy (non-hydrogen) atoms. The van der Waals surface area contributed by atoms with Crippen LogP contribution in [0, 0.1) is 5.92 Å². The highest BCUT2D eigenvalue weighted by Gasteiger charge is 2.45. The molecule has 4 nitrogen and oxygen atoms in total. The Kier molecular flexibility index (Phi) is 4.91. The molecule has 0 amide bonds. The van der Waals surface area contributed by atoms with Gasteiger partial charge in [-0.3, -0.25) is 4.79 Å². The van der Waals surface area contributed by atoms with E-state index < -0.39 is 9.84 Å². The molecule has 0 radical (unpaired) electrons. The third-order valence-corrected chi connectivity index (χ3v) is 6.83. The van der Waals surface area contributed by atoms with Crippen LogP contribution < -0.4 is 0 Å². The Hall–Kier alpha value is -1.46. The summed E-state index contributed by atoms with van der Waals surface area (Å²) in [6.07, 6.45) is 2.72. The lowest BCUT2D eigenvalue weighted by Crippen LogP contribution is -2.35. The van der Waals surface area contributed by atoms with E-state index in [0.29, 0.717) is 18.4 Å². The molecule has 0 aromatic heterocycles. The van der Waals surface area contributed by atoms with Crippen molar-refractivity contribution in [2.75, 3.05) is 5.75 Å². The van der Waals surface area contributed by atoms with Gasteiger partial charge in [0.15, 0.2) is 15.6 Å². The molecule has 0 N–H and O–H groups in total. The van der Waals surface area contributed by atoms with Crippen LogP contribution in [0.4, 0.5) is 0 Å². The van der Waals surface area contributed by atoms with Crippen molar-refractivity contribution >= 4 is 15.6 Å². The van der Waals surface area contributed by atoms with E-state index in [-0.39, 0.29) is 33.6 Å². The summed E-state index contributed by atoms with van der Waals surface area (Å²) in [7, 11) is -3.52. The zero-order chi connectivity index (χ0) is 19.2. The Morgan fingerprint density at radius 1 is 1.19 bits per heavy atom. The summed E-state index contributed by atoms with van der Waals surface area (Å²) in [6, 6.07) is 8.38. The van der Waals surface area contributed by atoms with E-state index in [0.717, 1.165) is 18.4 Å². The van der Waals surface area contributed by atoms with Gasteiger partial charge in [-0.15, -0.1) is 0 Å². The number of hydrogen-bond acceptors (Lipinski definition) is 4. The van der Waals surface area contributed by atoms with Gasteiger partial charge in [-0.25, -0.2) is 8.42 Å². The lowest BCUT2D eigenvalue weighted by molar-refractivity contribution is -0.120. The first kappa shape index (κ1) is 19.3. The summed E-state index contributed by atoms with van der Waals surface area (Å²) in [5.74, 6) is 0.0320. The van der Waals surface area contributed by atoms with E-state index in [2.05, 4.69) is 6.92 Å². The summed E-state index contributed by atoms with van der Waals surface area (Å²) in [5, 5.41) is 0. The summed E-state index contributed by atoms with van der Waals surface area (Å²) >= 11 is 0. The quantitative estimate of drug-likeness (QED) is 0.794. The van der Waals surface area contributed by atoms with Crippen LogP contribution in [0.1, 0.15) is 53.4 Å². The van der Waals surface area contributed by atoms with Crippen molar-refractivity contribution < 1.29 is 17.9 Å². The van der Waals surface area contributed by atoms with Crippen LogP contribution in [0.15, 0.2) is 46.4 Å². The van der Waals surface area contributed by atoms with Crippen molar-refractivity contribution in [3.05, 3.63) is 41.5 Å². The Labute approximate surface area is 156 Å². The average Bonchev–Trinajstić information content (AvgIpc) is 2.85. The average molecular weight is 377 g/mol. The van der Waals surface area contributed by atoms with Crippen molar-refractivity contribution in [2.24, 2.45) is 5.92 Å². The smallest absolute Gasteiger partial charge is 0.182 e. The highest BCUT2D eigenvalue weighted by Crippen LogP contribution is 2.48. The molecule has 142 valence electrons. The number of ketones is 1. The number of carbonyl (C=O) groups excluding carboxylic acids is 1. The van der Waals surface area contributed by atoms with Crippen molar-refractivity contribution in [3.8, 4) is 0 Å². The molecule has 2 atom stereocenters. The van der Waals surface area contributed by atoms with Gasteiger partial charge in [0.25, 0.3) is 0 Å². The van der Waals surface area contributed by atoms with Crippen LogP contribution in [0.5, 0.6) is 0 Å².